The molecule has 2 aliphatic heterocycles. The van der Waals surface area contributed by atoms with Gasteiger partial charge in [-0.25, -0.2) is 0 Å². The summed E-state index contributed by atoms with van der Waals surface area (Å²) in [6.45, 7) is 5.00. The molecule has 0 bridgehead atoms. The first kappa shape index (κ1) is 37.9. The summed E-state index contributed by atoms with van der Waals surface area (Å²) in [4.78, 5) is 68.5. The highest BCUT2D eigenvalue weighted by Gasteiger charge is 2.44. The Kier molecular flexibility index (Phi) is 13.6. The minimum Gasteiger partial charge on any atom is -0.480 e. The zero-order chi connectivity index (χ0) is 35.6. The number of likely N-dealkylation sites (tertiary alicyclic amines) is 1. The van der Waals surface area contributed by atoms with Gasteiger partial charge < -0.3 is 32.1 Å². The summed E-state index contributed by atoms with van der Waals surface area (Å²) in [6.07, 6.45) is 3.04. The standard InChI is InChI=1S/C38H53N5O6/c1-25(2)18-30(35(46)42-31(14-8-9-16-39)36(47)43-17-15-38(40,24-43)37(48)49)22-33(44)29(19-26-10-4-3-5-11-26)21-34(45)32-20-27-12-6-7-13-28(27)23-41-32/h3-7,10-13,25,29-32,41H,8-9,14-24,39-40H2,1-2H3,(H,42,46)(H,48,49)/t29-,30-,31+,32+,38?/m0/s1. The van der Waals surface area contributed by atoms with E-state index in [-0.39, 0.29) is 55.7 Å². The fraction of sp³-hybridized carbons (Fsp3) is 0.553. The summed E-state index contributed by atoms with van der Waals surface area (Å²) >= 11 is 0. The molecule has 2 aromatic carbocycles. The summed E-state index contributed by atoms with van der Waals surface area (Å²) < 4.78 is 0. The molecule has 2 amide bonds. The van der Waals surface area contributed by atoms with Crippen LogP contribution in [0.5, 0.6) is 0 Å². The molecule has 1 saturated heterocycles. The van der Waals surface area contributed by atoms with Crippen LogP contribution in [0.2, 0.25) is 0 Å². The van der Waals surface area contributed by atoms with Crippen LogP contribution in [0.3, 0.4) is 0 Å². The second kappa shape index (κ2) is 17.6. The number of aliphatic carboxylic acids is 1. The molecule has 0 aromatic heterocycles. The lowest BCUT2D eigenvalue weighted by Gasteiger charge is -2.28. The first-order valence-corrected chi connectivity index (χ1v) is 17.6. The van der Waals surface area contributed by atoms with Gasteiger partial charge >= 0.3 is 5.97 Å². The Morgan fingerprint density at radius 2 is 1.67 bits per heavy atom. The van der Waals surface area contributed by atoms with Crippen LogP contribution in [-0.4, -0.2) is 76.6 Å². The van der Waals surface area contributed by atoms with Crippen LogP contribution in [0.25, 0.3) is 0 Å². The Morgan fingerprint density at radius 3 is 2.33 bits per heavy atom. The number of carboxylic acids is 1. The van der Waals surface area contributed by atoms with Crippen LogP contribution in [-0.2, 0) is 43.4 Å². The SMILES string of the molecule is CC(C)C[C@@H](CC(=O)[C@H](CC(=O)[C@H]1Cc2ccccc2CN1)Cc1ccccc1)C(=O)N[C@H](CCCCN)C(=O)N1CCC(N)(C(=O)O)C1. The van der Waals surface area contributed by atoms with E-state index in [1.54, 1.807) is 0 Å². The number of amides is 2. The highest BCUT2D eigenvalue weighted by Crippen LogP contribution is 2.26. The van der Waals surface area contributed by atoms with Crippen LogP contribution in [0.4, 0.5) is 0 Å². The molecule has 2 heterocycles. The maximum absolute atomic E-state index is 14.1. The number of unbranched alkanes of at least 4 members (excludes halogenated alkanes) is 1. The molecule has 2 aromatic rings. The Morgan fingerprint density at radius 1 is 0.980 bits per heavy atom. The molecule has 7 N–H and O–H groups in total. The van der Waals surface area contributed by atoms with Gasteiger partial charge in [0.05, 0.1) is 6.04 Å². The molecule has 0 saturated carbocycles. The summed E-state index contributed by atoms with van der Waals surface area (Å²) in [5.41, 5.74) is 13.4. The van der Waals surface area contributed by atoms with E-state index >= 15 is 0 Å². The van der Waals surface area contributed by atoms with E-state index in [2.05, 4.69) is 10.6 Å². The van der Waals surface area contributed by atoms with Gasteiger partial charge in [0.1, 0.15) is 17.4 Å². The van der Waals surface area contributed by atoms with Crippen molar-refractivity contribution in [1.29, 1.82) is 0 Å². The van der Waals surface area contributed by atoms with E-state index in [9.17, 15) is 29.1 Å². The number of rotatable bonds is 18. The number of nitrogens with one attached hydrogen (secondary N) is 2. The number of hydrogen-bond acceptors (Lipinski definition) is 8. The molecule has 2 aliphatic rings. The lowest BCUT2D eigenvalue weighted by Crippen LogP contribution is -2.54. The zero-order valence-electron chi connectivity index (χ0n) is 28.9. The molecule has 11 nitrogen and oxygen atoms in total. The number of fused-ring (bicyclic) bond motifs is 1. The third-order valence-corrected chi connectivity index (χ3v) is 9.87. The molecule has 1 fully saturated rings. The van der Waals surface area contributed by atoms with Crippen molar-refractivity contribution in [3.63, 3.8) is 0 Å². The normalized spacial score (nSPS) is 20.7. The van der Waals surface area contributed by atoms with Gasteiger partial charge in [-0.15, -0.1) is 0 Å². The minimum absolute atomic E-state index is 0.0258. The smallest absolute Gasteiger partial charge is 0.325 e. The third kappa shape index (κ3) is 10.5. The van der Waals surface area contributed by atoms with Crippen molar-refractivity contribution in [3.8, 4) is 0 Å². The van der Waals surface area contributed by atoms with Crippen molar-refractivity contribution in [1.82, 2.24) is 15.5 Å². The Labute approximate surface area is 289 Å². The van der Waals surface area contributed by atoms with Crippen LogP contribution in [0.1, 0.15) is 75.5 Å². The van der Waals surface area contributed by atoms with E-state index < -0.39 is 41.3 Å². The van der Waals surface area contributed by atoms with Gasteiger partial charge in [-0.05, 0) is 74.1 Å². The molecule has 1 unspecified atom stereocenters. The van der Waals surface area contributed by atoms with Gasteiger partial charge in [0, 0.05) is 44.3 Å². The molecule has 11 heteroatoms. The highest BCUT2D eigenvalue weighted by atomic mass is 16.4. The molecule has 0 spiro atoms. The van der Waals surface area contributed by atoms with E-state index in [0.29, 0.717) is 51.6 Å². The number of Topliss-reactive ketones (excluding diaryl/α,β-unsaturated/α-hetero) is 2. The quantitative estimate of drug-likeness (QED) is 0.148. The van der Waals surface area contributed by atoms with Crippen molar-refractivity contribution in [2.75, 3.05) is 19.6 Å². The molecular weight excluding hydrogens is 622 g/mol. The van der Waals surface area contributed by atoms with Crippen molar-refractivity contribution in [2.24, 2.45) is 29.2 Å². The van der Waals surface area contributed by atoms with Gasteiger partial charge in [-0.1, -0.05) is 68.4 Å². The third-order valence-electron chi connectivity index (χ3n) is 9.87. The minimum atomic E-state index is -1.53. The first-order chi connectivity index (χ1) is 23.4. The van der Waals surface area contributed by atoms with Gasteiger partial charge in [0.25, 0.3) is 0 Å². The number of carbonyl (C=O) groups excluding carboxylic acids is 4. The molecule has 0 radical (unpaired) electrons. The largest absolute Gasteiger partial charge is 0.480 e. The number of benzene rings is 2. The van der Waals surface area contributed by atoms with E-state index in [0.717, 1.165) is 11.1 Å². The van der Waals surface area contributed by atoms with E-state index in [4.69, 9.17) is 11.5 Å². The van der Waals surface area contributed by atoms with Gasteiger partial charge in [-0.2, -0.15) is 0 Å². The maximum Gasteiger partial charge on any atom is 0.325 e. The molecule has 49 heavy (non-hydrogen) atoms. The lowest BCUT2D eigenvalue weighted by atomic mass is 9.81. The summed E-state index contributed by atoms with van der Waals surface area (Å²) in [5, 5.41) is 15.8. The Bertz CT molecular complexity index is 1470. The van der Waals surface area contributed by atoms with Crippen LogP contribution in [0.15, 0.2) is 54.6 Å². The number of nitrogens with zero attached hydrogens (tertiary/aromatic N) is 1. The van der Waals surface area contributed by atoms with Crippen molar-refractivity contribution >= 4 is 29.4 Å². The highest BCUT2D eigenvalue weighted by molar-refractivity contribution is 5.94. The summed E-state index contributed by atoms with van der Waals surface area (Å²) in [7, 11) is 0. The van der Waals surface area contributed by atoms with E-state index in [1.165, 1.54) is 10.5 Å². The van der Waals surface area contributed by atoms with Crippen molar-refractivity contribution in [2.45, 2.75) is 95.8 Å². The molecular formula is C38H53N5O6. The van der Waals surface area contributed by atoms with Gasteiger partial charge in [-0.3, -0.25) is 24.0 Å². The summed E-state index contributed by atoms with van der Waals surface area (Å²) in [6, 6.07) is 16.3. The lowest BCUT2D eigenvalue weighted by molar-refractivity contribution is -0.143. The maximum atomic E-state index is 14.1. The number of carboxylic acid groups (broad SMARTS) is 1. The van der Waals surface area contributed by atoms with Crippen molar-refractivity contribution < 1.29 is 29.1 Å². The topological polar surface area (TPSA) is 185 Å². The first-order valence-electron chi connectivity index (χ1n) is 17.6. The molecule has 4 rings (SSSR count). The van der Waals surface area contributed by atoms with Gasteiger partial charge in [0.2, 0.25) is 11.8 Å². The predicted molar refractivity (Wildman–Crippen MR) is 187 cm³/mol. The number of hydrogen-bond donors (Lipinski definition) is 5. The summed E-state index contributed by atoms with van der Waals surface area (Å²) in [5.74, 6) is -3.38. The predicted octanol–water partition coefficient (Wildman–Crippen LogP) is 2.77. The molecule has 266 valence electrons. The molecule has 0 aliphatic carbocycles. The Hall–Kier alpha value is -3.93. The number of ketones is 2. The number of nitrogens with two attached hydrogens (primary N) is 2. The monoisotopic (exact) mass is 675 g/mol. The average molecular weight is 676 g/mol. The van der Waals surface area contributed by atoms with Crippen LogP contribution in [0, 0.1) is 17.8 Å². The second-order valence-corrected chi connectivity index (χ2v) is 14.3. The fourth-order valence-electron chi connectivity index (χ4n) is 6.98. The average Bonchev–Trinajstić information content (AvgIpc) is 3.50. The van der Waals surface area contributed by atoms with Crippen LogP contribution < -0.4 is 22.1 Å². The zero-order valence-corrected chi connectivity index (χ0v) is 28.9. The number of carbonyl (C=O) groups is 5. The van der Waals surface area contributed by atoms with Crippen molar-refractivity contribution in [3.05, 3.63) is 71.3 Å². The Balaban J connectivity index is 1.49. The van der Waals surface area contributed by atoms with E-state index in [1.807, 2.05) is 68.4 Å². The second-order valence-electron chi connectivity index (χ2n) is 14.3. The molecule has 5 atom stereocenters. The van der Waals surface area contributed by atoms with Crippen LogP contribution >= 0.6 is 0 Å². The fourth-order valence-corrected chi connectivity index (χ4v) is 6.98. The van der Waals surface area contributed by atoms with Gasteiger partial charge in [0.15, 0.2) is 5.78 Å².